The van der Waals surface area contributed by atoms with Gasteiger partial charge in [0.15, 0.2) is 0 Å². The summed E-state index contributed by atoms with van der Waals surface area (Å²) in [4.78, 5) is 33.2. The van der Waals surface area contributed by atoms with E-state index in [1.807, 2.05) is 0 Å². The first-order valence-electron chi connectivity index (χ1n) is 5.10. The summed E-state index contributed by atoms with van der Waals surface area (Å²) in [5.41, 5.74) is -0.839. The van der Waals surface area contributed by atoms with Gasteiger partial charge in [0.2, 0.25) is 0 Å². The van der Waals surface area contributed by atoms with Crippen LogP contribution in [0.3, 0.4) is 0 Å². The molecule has 0 spiro atoms. The molecule has 2 N–H and O–H groups in total. The molecule has 0 fully saturated rings. The fourth-order valence-electron chi connectivity index (χ4n) is 1.26. The maximum atomic E-state index is 11.5. The Bertz CT molecular complexity index is 491. The average molecular weight is 251 g/mol. The standard InChI is InChI=1S/C12H11O6/c1-2-5-18-12(17)7-3-4-8(10(13)14)9(6-7)11(15)16/h3-6H,2H2,1H3,(H,13,14)(H,15,16). The van der Waals surface area contributed by atoms with Gasteiger partial charge in [-0.05, 0) is 24.6 Å². The van der Waals surface area contributed by atoms with E-state index in [0.29, 0.717) is 6.42 Å². The van der Waals surface area contributed by atoms with E-state index < -0.39 is 23.5 Å². The SMILES string of the molecule is CC[CH]OC(=O)c1ccc(C(=O)O)c(C(=O)O)c1. The second-order valence-corrected chi connectivity index (χ2v) is 3.35. The Morgan fingerprint density at radius 3 is 2.28 bits per heavy atom. The van der Waals surface area contributed by atoms with Crippen LogP contribution in [0.5, 0.6) is 0 Å². The fourth-order valence-corrected chi connectivity index (χ4v) is 1.26. The molecule has 0 aliphatic carbocycles. The van der Waals surface area contributed by atoms with Gasteiger partial charge in [-0.15, -0.1) is 0 Å². The van der Waals surface area contributed by atoms with Crippen molar-refractivity contribution in [3.05, 3.63) is 41.5 Å². The fraction of sp³-hybridized carbons (Fsp3) is 0.167. The zero-order valence-corrected chi connectivity index (χ0v) is 9.54. The molecule has 0 amide bonds. The zero-order chi connectivity index (χ0) is 13.7. The molecule has 1 radical (unpaired) electrons. The second kappa shape index (κ2) is 5.81. The highest BCUT2D eigenvalue weighted by Crippen LogP contribution is 2.14. The number of ether oxygens (including phenoxy) is 1. The minimum absolute atomic E-state index is 0.0119. The average Bonchev–Trinajstić information content (AvgIpc) is 2.34. The van der Waals surface area contributed by atoms with Crippen molar-refractivity contribution < 1.29 is 29.3 Å². The lowest BCUT2D eigenvalue weighted by Gasteiger charge is -2.05. The van der Waals surface area contributed by atoms with Crippen LogP contribution in [0.4, 0.5) is 0 Å². The van der Waals surface area contributed by atoms with Gasteiger partial charge < -0.3 is 14.9 Å². The van der Waals surface area contributed by atoms with Gasteiger partial charge in [-0.25, -0.2) is 14.4 Å². The molecule has 95 valence electrons. The maximum absolute atomic E-state index is 11.5. The summed E-state index contributed by atoms with van der Waals surface area (Å²) < 4.78 is 4.71. The summed E-state index contributed by atoms with van der Waals surface area (Å²) in [7, 11) is 0. The highest BCUT2D eigenvalue weighted by molar-refractivity contribution is 6.03. The molecule has 6 nitrogen and oxygen atoms in total. The van der Waals surface area contributed by atoms with Gasteiger partial charge in [0.05, 0.1) is 16.7 Å². The van der Waals surface area contributed by atoms with E-state index in [0.717, 1.165) is 12.1 Å². The molecule has 0 heterocycles. The highest BCUT2D eigenvalue weighted by Gasteiger charge is 2.18. The first-order chi connectivity index (χ1) is 8.47. The molecule has 1 aromatic rings. The molecule has 18 heavy (non-hydrogen) atoms. The molecule has 0 bridgehead atoms. The first-order valence-corrected chi connectivity index (χ1v) is 5.10. The van der Waals surface area contributed by atoms with Gasteiger partial charge >= 0.3 is 17.9 Å². The van der Waals surface area contributed by atoms with Crippen molar-refractivity contribution >= 4 is 17.9 Å². The molecule has 0 aromatic heterocycles. The van der Waals surface area contributed by atoms with Crippen LogP contribution in [-0.2, 0) is 4.74 Å². The number of esters is 1. The predicted molar refractivity (Wildman–Crippen MR) is 60.4 cm³/mol. The van der Waals surface area contributed by atoms with E-state index in [2.05, 4.69) is 0 Å². The summed E-state index contributed by atoms with van der Waals surface area (Å²) >= 11 is 0. The van der Waals surface area contributed by atoms with Crippen LogP contribution in [0.15, 0.2) is 18.2 Å². The number of carbonyl (C=O) groups is 3. The number of hydrogen-bond donors (Lipinski definition) is 2. The summed E-state index contributed by atoms with van der Waals surface area (Å²) in [6.45, 7) is 3.04. The molecule has 6 heteroatoms. The van der Waals surface area contributed by atoms with Crippen LogP contribution < -0.4 is 0 Å². The Labute approximate surface area is 103 Å². The summed E-state index contributed by atoms with van der Waals surface area (Å²) in [5, 5.41) is 17.7. The quantitative estimate of drug-likeness (QED) is 0.774. The molecule has 0 aliphatic rings. The van der Waals surface area contributed by atoms with E-state index in [1.165, 1.54) is 12.7 Å². The van der Waals surface area contributed by atoms with E-state index in [-0.39, 0.29) is 11.1 Å². The maximum Gasteiger partial charge on any atom is 0.338 e. The third-order valence-electron chi connectivity index (χ3n) is 2.07. The molecule has 1 rings (SSSR count). The number of rotatable bonds is 5. The lowest BCUT2D eigenvalue weighted by Crippen LogP contribution is -2.11. The number of carboxylic acid groups (broad SMARTS) is 2. The van der Waals surface area contributed by atoms with Gasteiger partial charge in [-0.1, -0.05) is 6.92 Å². The smallest absolute Gasteiger partial charge is 0.338 e. The van der Waals surface area contributed by atoms with Crippen molar-refractivity contribution in [3.8, 4) is 0 Å². The van der Waals surface area contributed by atoms with Crippen LogP contribution in [0, 0.1) is 6.61 Å². The van der Waals surface area contributed by atoms with Crippen molar-refractivity contribution in [1.82, 2.24) is 0 Å². The van der Waals surface area contributed by atoms with Crippen molar-refractivity contribution in [2.24, 2.45) is 0 Å². The Hall–Kier alpha value is -2.37. The van der Waals surface area contributed by atoms with Crippen molar-refractivity contribution in [2.45, 2.75) is 13.3 Å². The molecule has 0 saturated carbocycles. The molecular weight excluding hydrogens is 240 g/mol. The number of aromatic carboxylic acids is 2. The lowest BCUT2D eigenvalue weighted by molar-refractivity contribution is 0.0598. The normalized spacial score (nSPS) is 9.83. The molecular formula is C12H11O6. The van der Waals surface area contributed by atoms with E-state index >= 15 is 0 Å². The Kier molecular flexibility index (Phi) is 4.42. The zero-order valence-electron chi connectivity index (χ0n) is 9.54. The third-order valence-corrected chi connectivity index (χ3v) is 2.07. The number of benzene rings is 1. The van der Waals surface area contributed by atoms with Crippen LogP contribution in [-0.4, -0.2) is 28.1 Å². The Morgan fingerprint density at radius 2 is 1.78 bits per heavy atom. The Morgan fingerprint density at radius 1 is 1.17 bits per heavy atom. The molecule has 0 atom stereocenters. The summed E-state index contributed by atoms with van der Waals surface area (Å²) in [6, 6.07) is 3.26. The largest absolute Gasteiger partial charge is 0.478 e. The molecule has 0 saturated heterocycles. The van der Waals surface area contributed by atoms with Gasteiger partial charge in [-0.2, -0.15) is 0 Å². The summed E-state index contributed by atoms with van der Waals surface area (Å²) in [5.74, 6) is -3.51. The molecule has 0 unspecified atom stereocenters. The number of hydrogen-bond acceptors (Lipinski definition) is 4. The molecule has 0 aliphatic heterocycles. The summed E-state index contributed by atoms with van der Waals surface area (Å²) in [6.07, 6.45) is 0.519. The highest BCUT2D eigenvalue weighted by atomic mass is 16.5. The second-order valence-electron chi connectivity index (χ2n) is 3.35. The Balaban J connectivity index is 3.11. The monoisotopic (exact) mass is 251 g/mol. The molecule has 1 aromatic carbocycles. The van der Waals surface area contributed by atoms with Gasteiger partial charge in [0, 0.05) is 0 Å². The minimum Gasteiger partial charge on any atom is -0.478 e. The van der Waals surface area contributed by atoms with E-state index in [1.54, 1.807) is 6.92 Å². The van der Waals surface area contributed by atoms with Gasteiger partial charge in [0.25, 0.3) is 0 Å². The lowest BCUT2D eigenvalue weighted by atomic mass is 10.0. The predicted octanol–water partition coefficient (Wildman–Crippen LogP) is 1.81. The first kappa shape index (κ1) is 13.7. The number of carbonyl (C=O) groups excluding carboxylic acids is 1. The minimum atomic E-state index is -1.42. The van der Waals surface area contributed by atoms with Crippen molar-refractivity contribution in [3.63, 3.8) is 0 Å². The van der Waals surface area contributed by atoms with Gasteiger partial charge in [0.1, 0.15) is 6.61 Å². The van der Waals surface area contributed by atoms with Crippen LogP contribution in [0.25, 0.3) is 0 Å². The van der Waals surface area contributed by atoms with Crippen molar-refractivity contribution in [2.75, 3.05) is 0 Å². The van der Waals surface area contributed by atoms with E-state index in [4.69, 9.17) is 14.9 Å². The van der Waals surface area contributed by atoms with Crippen molar-refractivity contribution in [1.29, 1.82) is 0 Å². The van der Waals surface area contributed by atoms with Crippen LogP contribution in [0.1, 0.15) is 44.4 Å². The third kappa shape index (κ3) is 3.07. The number of carboxylic acids is 2. The topological polar surface area (TPSA) is 101 Å². The van der Waals surface area contributed by atoms with Gasteiger partial charge in [-0.3, -0.25) is 0 Å². The van der Waals surface area contributed by atoms with Crippen LogP contribution >= 0.6 is 0 Å². The van der Waals surface area contributed by atoms with Crippen LogP contribution in [0.2, 0.25) is 0 Å². The van der Waals surface area contributed by atoms with E-state index in [9.17, 15) is 14.4 Å².